The summed E-state index contributed by atoms with van der Waals surface area (Å²) in [6.45, 7) is 9.75. The number of hydrogen-bond acceptors (Lipinski definition) is 5. The molecule has 0 bridgehead atoms. The highest BCUT2D eigenvalue weighted by Gasteiger charge is 2.53. The normalized spacial score (nSPS) is 18.4. The topological polar surface area (TPSA) is 101 Å². The Bertz CT molecular complexity index is 1050. The first-order chi connectivity index (χ1) is 14.1. The summed E-state index contributed by atoms with van der Waals surface area (Å²) in [5.41, 5.74) is 1.57. The van der Waals surface area contributed by atoms with E-state index in [2.05, 4.69) is 0 Å². The number of halogens is 1. The van der Waals surface area contributed by atoms with Gasteiger partial charge < -0.3 is 26.6 Å². The highest BCUT2D eigenvalue weighted by Crippen LogP contribution is 2.48. The van der Waals surface area contributed by atoms with Gasteiger partial charge in [-0.2, -0.15) is 0 Å². The molecule has 3 rings (SSSR count). The lowest BCUT2D eigenvalue weighted by Gasteiger charge is -2.43. The largest absolute Gasteiger partial charge is 1.00 e. The molecule has 0 saturated heterocycles. The average molecular weight is 514 g/mol. The van der Waals surface area contributed by atoms with Crippen molar-refractivity contribution in [2.45, 2.75) is 44.9 Å². The molecule has 1 N–H and O–H groups in total. The number of hydrogen-bond donors (Lipinski definition) is 1. The molecule has 170 valence electrons. The number of nitro benzene ring substituents is 1. The maximum atomic E-state index is 13.5. The monoisotopic (exact) mass is 513 g/mol. The maximum Gasteiger partial charge on any atom is 0.270 e. The Morgan fingerprint density at radius 2 is 1.61 bits per heavy atom. The van der Waals surface area contributed by atoms with Gasteiger partial charge in [-0.15, -0.1) is 0 Å². The second-order valence-corrected chi connectivity index (χ2v) is 9.45. The third-order valence-corrected chi connectivity index (χ3v) is 8.16. The molecule has 2 unspecified atom stereocenters. The van der Waals surface area contributed by atoms with Crippen LogP contribution in [-0.2, 0) is 10.0 Å². The summed E-state index contributed by atoms with van der Waals surface area (Å²) >= 11 is 0. The molecule has 0 saturated carbocycles. The molecule has 0 aromatic heterocycles. The number of fused-ring (bicyclic) bond motifs is 1. The van der Waals surface area contributed by atoms with Gasteiger partial charge >= 0.3 is 0 Å². The summed E-state index contributed by atoms with van der Waals surface area (Å²) in [6, 6.07) is 9.92. The Labute approximate surface area is 193 Å². The van der Waals surface area contributed by atoms with Gasteiger partial charge in [0.05, 0.1) is 35.1 Å². The lowest BCUT2D eigenvalue weighted by Crippen LogP contribution is -3.00. The van der Waals surface area contributed by atoms with Gasteiger partial charge in [0.15, 0.2) is 12.3 Å². The number of likely N-dealkylation sites (N-methyl/N-ethyl adjacent to an activating group) is 1. The zero-order valence-corrected chi connectivity index (χ0v) is 20.4. The number of benzene rings is 2. The number of rotatable bonds is 7. The summed E-state index contributed by atoms with van der Waals surface area (Å²) in [5, 5.41) is 22.7. The van der Waals surface area contributed by atoms with E-state index in [9.17, 15) is 23.6 Å². The van der Waals surface area contributed by atoms with Crippen molar-refractivity contribution < 1.29 is 39.9 Å². The summed E-state index contributed by atoms with van der Waals surface area (Å²) in [4.78, 5) is 11.0. The number of aryl methyl sites for hydroxylation is 1. The van der Waals surface area contributed by atoms with Crippen LogP contribution in [-0.4, -0.2) is 48.8 Å². The van der Waals surface area contributed by atoms with Crippen molar-refractivity contribution in [2.75, 3.05) is 23.9 Å². The second kappa shape index (κ2) is 9.23. The molecule has 0 spiro atoms. The number of nitrogens with zero attached hydrogens (tertiary/aromatic N) is 3. The van der Waals surface area contributed by atoms with E-state index in [-0.39, 0.29) is 33.3 Å². The van der Waals surface area contributed by atoms with Crippen molar-refractivity contribution in [3.63, 3.8) is 0 Å². The predicted molar refractivity (Wildman–Crippen MR) is 115 cm³/mol. The molecule has 1 aliphatic heterocycles. The van der Waals surface area contributed by atoms with Gasteiger partial charge in [0.1, 0.15) is 0 Å². The molecule has 31 heavy (non-hydrogen) atoms. The van der Waals surface area contributed by atoms with Crippen LogP contribution in [0.2, 0.25) is 0 Å². The number of anilines is 1. The third kappa shape index (κ3) is 4.09. The molecular weight excluding hydrogens is 486 g/mol. The number of non-ortho nitro benzene ring substituents is 1. The van der Waals surface area contributed by atoms with E-state index in [0.29, 0.717) is 29.7 Å². The van der Waals surface area contributed by atoms with Crippen LogP contribution < -0.4 is 21.3 Å². The van der Waals surface area contributed by atoms with E-state index in [1.165, 1.54) is 30.3 Å². The van der Waals surface area contributed by atoms with Crippen molar-refractivity contribution in [1.29, 1.82) is 0 Å². The Morgan fingerprint density at radius 1 is 1.06 bits per heavy atom. The van der Waals surface area contributed by atoms with Crippen LogP contribution >= 0.6 is 0 Å². The minimum Gasteiger partial charge on any atom is -1.00 e. The molecule has 10 heteroatoms. The minimum atomic E-state index is -4.07. The Balaban J connectivity index is 0.00000341. The number of nitro groups is 1. The Morgan fingerprint density at radius 3 is 2.10 bits per heavy atom. The van der Waals surface area contributed by atoms with Gasteiger partial charge in [0.2, 0.25) is 0 Å². The van der Waals surface area contributed by atoms with Crippen molar-refractivity contribution in [1.82, 2.24) is 0 Å². The molecule has 2 atom stereocenters. The van der Waals surface area contributed by atoms with Gasteiger partial charge in [0, 0.05) is 17.7 Å². The molecule has 0 fully saturated rings. The summed E-state index contributed by atoms with van der Waals surface area (Å²) in [7, 11) is -4.07. The van der Waals surface area contributed by atoms with Crippen LogP contribution in [0.1, 0.15) is 37.9 Å². The molecular formula is C21H28BrN3O5S. The Hall–Kier alpha value is -2.01. The van der Waals surface area contributed by atoms with Gasteiger partial charge in [-0.3, -0.25) is 10.1 Å². The number of aliphatic hydroxyl groups excluding tert-OH is 1. The van der Waals surface area contributed by atoms with Crippen molar-refractivity contribution in [3.05, 3.63) is 63.7 Å². The van der Waals surface area contributed by atoms with Gasteiger partial charge in [-0.25, -0.2) is 12.7 Å². The summed E-state index contributed by atoms with van der Waals surface area (Å²) in [5.74, 6) is 0. The first-order valence-electron chi connectivity index (χ1n) is 10.1. The lowest BCUT2D eigenvalue weighted by atomic mass is 10.0. The molecule has 0 aliphatic carbocycles. The van der Waals surface area contributed by atoms with E-state index in [0.717, 1.165) is 9.87 Å². The van der Waals surface area contributed by atoms with E-state index >= 15 is 0 Å². The van der Waals surface area contributed by atoms with Gasteiger partial charge in [-0.1, -0.05) is 17.7 Å². The van der Waals surface area contributed by atoms with Crippen LogP contribution in [0, 0.1) is 17.0 Å². The molecule has 2 aromatic carbocycles. The van der Waals surface area contributed by atoms with Crippen molar-refractivity contribution in [3.8, 4) is 0 Å². The molecule has 0 radical (unpaired) electrons. The predicted octanol–water partition coefficient (Wildman–Crippen LogP) is 0.352. The molecule has 1 heterocycles. The molecule has 2 aromatic rings. The maximum absolute atomic E-state index is 13.5. The summed E-state index contributed by atoms with van der Waals surface area (Å²) < 4.78 is 28.4. The third-order valence-electron chi connectivity index (χ3n) is 6.36. The van der Waals surface area contributed by atoms with Crippen LogP contribution in [0.5, 0.6) is 0 Å². The molecule has 1 aliphatic rings. The standard InChI is InChI=1S/C21H28N3O5S.BrH/c1-5-24(6-2,7-3)20-18-14-16(23(26)27)10-13-19(18)22(21(20)25)30(28,29)17-11-8-15(4)9-12-17;/h8-14,20-21,25H,5-7H2,1-4H3;1H/q+1;/p-1. The van der Waals surface area contributed by atoms with Crippen molar-refractivity contribution >= 4 is 21.4 Å². The van der Waals surface area contributed by atoms with Gasteiger partial charge in [-0.05, 0) is 45.9 Å². The SMILES string of the molecule is CC[N+](CC)(CC)C1c2cc([N+](=O)[O-])ccc2N(S(=O)(=O)c2ccc(C)cc2)C1O.[Br-]. The fourth-order valence-corrected chi connectivity index (χ4v) is 5.99. The lowest BCUT2D eigenvalue weighted by molar-refractivity contribution is -0.955. The number of sulfonamides is 1. The summed E-state index contributed by atoms with van der Waals surface area (Å²) in [6.07, 6.45) is -1.37. The van der Waals surface area contributed by atoms with E-state index in [1.807, 2.05) is 27.7 Å². The van der Waals surface area contributed by atoms with Crippen LogP contribution in [0.4, 0.5) is 11.4 Å². The number of aliphatic hydroxyl groups is 1. The number of quaternary nitrogens is 1. The van der Waals surface area contributed by atoms with Gasteiger partial charge in [0.25, 0.3) is 15.7 Å². The average Bonchev–Trinajstić information content (AvgIpc) is 3.02. The van der Waals surface area contributed by atoms with E-state index in [1.54, 1.807) is 12.1 Å². The van der Waals surface area contributed by atoms with E-state index in [4.69, 9.17) is 0 Å². The zero-order chi connectivity index (χ0) is 22.3. The highest BCUT2D eigenvalue weighted by molar-refractivity contribution is 7.92. The first kappa shape index (κ1) is 25.3. The Kier molecular flexibility index (Phi) is 7.52. The molecule has 0 amide bonds. The quantitative estimate of drug-likeness (QED) is 0.327. The molecule has 8 nitrogen and oxygen atoms in total. The van der Waals surface area contributed by atoms with E-state index < -0.39 is 27.2 Å². The zero-order valence-electron chi connectivity index (χ0n) is 18.0. The second-order valence-electron chi connectivity index (χ2n) is 7.64. The van der Waals surface area contributed by atoms with Crippen LogP contribution in [0.3, 0.4) is 0 Å². The smallest absolute Gasteiger partial charge is 0.270 e. The minimum absolute atomic E-state index is 0. The fourth-order valence-electron chi connectivity index (χ4n) is 4.46. The first-order valence-corrected chi connectivity index (χ1v) is 11.5. The fraction of sp³-hybridized carbons (Fsp3) is 0.429. The van der Waals surface area contributed by atoms with Crippen LogP contribution in [0.15, 0.2) is 47.4 Å². The van der Waals surface area contributed by atoms with Crippen LogP contribution in [0.25, 0.3) is 0 Å². The van der Waals surface area contributed by atoms with Crippen molar-refractivity contribution in [2.24, 2.45) is 0 Å². The highest BCUT2D eigenvalue weighted by atomic mass is 79.9.